The molecule has 6 nitrogen and oxygen atoms in total. The van der Waals surface area contributed by atoms with Crippen molar-refractivity contribution < 1.29 is 14.2 Å². The van der Waals surface area contributed by atoms with E-state index in [1.165, 1.54) is 19.3 Å². The molecule has 1 fully saturated rings. The average molecular weight is 392 g/mol. The molecule has 158 valence electrons. The molecule has 2 N–H and O–H groups in total. The molecule has 28 heavy (non-hydrogen) atoms. The minimum absolute atomic E-state index is 0.355. The van der Waals surface area contributed by atoms with E-state index in [0.29, 0.717) is 18.6 Å². The van der Waals surface area contributed by atoms with Crippen molar-refractivity contribution >= 4 is 5.96 Å². The molecule has 0 heterocycles. The first-order valence-corrected chi connectivity index (χ1v) is 10.5. The Balaban J connectivity index is 1.97. The first kappa shape index (κ1) is 22.3. The maximum Gasteiger partial charge on any atom is 0.191 e. The van der Waals surface area contributed by atoms with Crippen molar-refractivity contribution in [3.8, 4) is 11.5 Å². The molecule has 1 aliphatic rings. The highest BCUT2D eigenvalue weighted by Crippen LogP contribution is 2.43. The molecule has 0 unspecified atom stereocenters. The topological polar surface area (TPSA) is 64.1 Å². The van der Waals surface area contributed by atoms with Crippen LogP contribution in [0.3, 0.4) is 0 Å². The number of hydrogen-bond acceptors (Lipinski definition) is 4. The van der Waals surface area contributed by atoms with Gasteiger partial charge in [-0.15, -0.1) is 0 Å². The van der Waals surface area contributed by atoms with Crippen molar-refractivity contribution in [2.75, 3.05) is 40.5 Å². The Kier molecular flexibility index (Phi) is 9.41. The van der Waals surface area contributed by atoms with Gasteiger partial charge in [-0.05, 0) is 55.7 Å². The van der Waals surface area contributed by atoms with E-state index in [0.717, 1.165) is 55.6 Å². The Morgan fingerprint density at radius 1 is 1.11 bits per heavy atom. The summed E-state index contributed by atoms with van der Waals surface area (Å²) in [6, 6.07) is 6.02. The van der Waals surface area contributed by atoms with Crippen molar-refractivity contribution in [3.63, 3.8) is 0 Å². The van der Waals surface area contributed by atoms with Gasteiger partial charge in [0.2, 0.25) is 0 Å². The van der Waals surface area contributed by atoms with E-state index in [2.05, 4.69) is 24.5 Å². The second kappa shape index (κ2) is 11.8. The molecule has 2 rings (SSSR count). The monoisotopic (exact) mass is 391 g/mol. The minimum Gasteiger partial charge on any atom is -0.493 e. The van der Waals surface area contributed by atoms with Gasteiger partial charge in [-0.2, -0.15) is 0 Å². The maximum absolute atomic E-state index is 5.73. The first-order chi connectivity index (χ1) is 13.7. The lowest BCUT2D eigenvalue weighted by molar-refractivity contribution is 0.0732. The van der Waals surface area contributed by atoms with Crippen molar-refractivity contribution in [1.82, 2.24) is 10.6 Å². The molecule has 1 saturated carbocycles. The summed E-state index contributed by atoms with van der Waals surface area (Å²) in [4.78, 5) is 4.76. The van der Waals surface area contributed by atoms with Gasteiger partial charge in [0, 0.05) is 26.8 Å². The van der Waals surface area contributed by atoms with Gasteiger partial charge in [0.05, 0.1) is 20.3 Å². The predicted molar refractivity (Wildman–Crippen MR) is 114 cm³/mol. The fourth-order valence-electron chi connectivity index (χ4n) is 3.44. The fourth-order valence-corrected chi connectivity index (χ4v) is 3.44. The third-order valence-electron chi connectivity index (χ3n) is 5.34. The average Bonchev–Trinajstić information content (AvgIpc) is 2.69. The van der Waals surface area contributed by atoms with Gasteiger partial charge >= 0.3 is 0 Å². The van der Waals surface area contributed by atoms with Crippen molar-refractivity contribution in [2.45, 2.75) is 52.5 Å². The Morgan fingerprint density at radius 2 is 1.93 bits per heavy atom. The van der Waals surface area contributed by atoms with E-state index in [9.17, 15) is 0 Å². The molecule has 0 aliphatic heterocycles. The summed E-state index contributed by atoms with van der Waals surface area (Å²) < 4.78 is 16.5. The largest absolute Gasteiger partial charge is 0.493 e. The fraction of sp³-hybridized carbons (Fsp3) is 0.682. The van der Waals surface area contributed by atoms with E-state index in [1.54, 1.807) is 14.2 Å². The van der Waals surface area contributed by atoms with Gasteiger partial charge in [0.25, 0.3) is 0 Å². The lowest BCUT2D eigenvalue weighted by Crippen LogP contribution is -2.46. The van der Waals surface area contributed by atoms with Gasteiger partial charge in [0.1, 0.15) is 0 Å². The number of ether oxygens (including phenoxy) is 3. The van der Waals surface area contributed by atoms with Gasteiger partial charge in [0.15, 0.2) is 17.5 Å². The molecule has 6 heteroatoms. The predicted octanol–water partition coefficient (Wildman–Crippen LogP) is 3.75. The van der Waals surface area contributed by atoms with E-state index < -0.39 is 0 Å². The summed E-state index contributed by atoms with van der Waals surface area (Å²) in [5.41, 5.74) is 1.45. The van der Waals surface area contributed by atoms with Gasteiger partial charge in [-0.3, -0.25) is 0 Å². The number of methoxy groups -OCH3 is 2. The highest BCUT2D eigenvalue weighted by Gasteiger charge is 2.36. The zero-order valence-electron chi connectivity index (χ0n) is 18.0. The molecule has 1 aromatic carbocycles. The number of nitrogens with one attached hydrogen (secondary N) is 2. The van der Waals surface area contributed by atoms with E-state index in [4.69, 9.17) is 19.2 Å². The Labute approximate surface area is 170 Å². The second-order valence-electron chi connectivity index (χ2n) is 7.48. The smallest absolute Gasteiger partial charge is 0.191 e. The Hall–Kier alpha value is -1.95. The minimum atomic E-state index is 0.355. The molecule has 0 atom stereocenters. The molecule has 0 aromatic heterocycles. The van der Waals surface area contributed by atoms with E-state index in [-0.39, 0.29) is 0 Å². The van der Waals surface area contributed by atoms with Gasteiger partial charge < -0.3 is 24.8 Å². The maximum atomic E-state index is 5.73. The lowest BCUT2D eigenvalue weighted by Gasteiger charge is -2.42. The molecule has 0 spiro atoms. The highest BCUT2D eigenvalue weighted by atomic mass is 16.5. The van der Waals surface area contributed by atoms with Crippen LogP contribution in [-0.2, 0) is 11.3 Å². The molecular formula is C22H37N3O3. The molecule has 1 aliphatic carbocycles. The lowest BCUT2D eigenvalue weighted by atomic mass is 9.67. The quantitative estimate of drug-likeness (QED) is 0.420. The van der Waals surface area contributed by atoms with Crippen LogP contribution >= 0.6 is 0 Å². The number of benzene rings is 1. The van der Waals surface area contributed by atoms with Crippen LogP contribution in [0.25, 0.3) is 0 Å². The number of guanidine groups is 1. The summed E-state index contributed by atoms with van der Waals surface area (Å²) in [7, 11) is 3.45. The Bertz CT molecular complexity index is 615. The van der Waals surface area contributed by atoms with Crippen LogP contribution in [0.4, 0.5) is 0 Å². The third kappa shape index (κ3) is 6.59. The van der Waals surface area contributed by atoms with Crippen LogP contribution in [0.1, 0.15) is 51.5 Å². The summed E-state index contributed by atoms with van der Waals surface area (Å²) >= 11 is 0. The number of nitrogens with zero attached hydrogens (tertiary/aromatic N) is 1. The molecule has 0 bridgehead atoms. The van der Waals surface area contributed by atoms with Crippen molar-refractivity contribution in [1.29, 1.82) is 0 Å². The Morgan fingerprint density at radius 3 is 2.54 bits per heavy atom. The molecule has 1 aromatic rings. The van der Waals surface area contributed by atoms with Gasteiger partial charge in [-0.25, -0.2) is 4.99 Å². The SMILES string of the molecule is CCCOc1ccc(CN=C(NCC)NCC2(CCOC)CCC2)cc1OC. The zero-order valence-corrected chi connectivity index (χ0v) is 18.0. The number of aliphatic imine (C=N–C) groups is 1. The first-order valence-electron chi connectivity index (χ1n) is 10.5. The van der Waals surface area contributed by atoms with E-state index in [1.807, 2.05) is 18.2 Å². The zero-order chi connectivity index (χ0) is 20.2. The van der Waals surface area contributed by atoms with Gasteiger partial charge in [-0.1, -0.05) is 19.4 Å². The number of rotatable bonds is 12. The summed E-state index contributed by atoms with van der Waals surface area (Å²) in [6.45, 7) is 8.05. The van der Waals surface area contributed by atoms with Crippen LogP contribution in [-0.4, -0.2) is 46.5 Å². The second-order valence-corrected chi connectivity index (χ2v) is 7.48. The van der Waals surface area contributed by atoms with E-state index >= 15 is 0 Å². The molecular weight excluding hydrogens is 354 g/mol. The van der Waals surface area contributed by atoms with Crippen LogP contribution in [0, 0.1) is 5.41 Å². The summed E-state index contributed by atoms with van der Waals surface area (Å²) in [5, 5.41) is 6.89. The molecule has 0 saturated heterocycles. The van der Waals surface area contributed by atoms with Crippen LogP contribution in [0.5, 0.6) is 11.5 Å². The summed E-state index contributed by atoms with van der Waals surface area (Å²) in [5.74, 6) is 2.40. The standard InChI is InChI=1S/C22H37N3O3/c1-5-13-28-19-9-8-18(15-20(19)27-4)16-24-21(23-6-2)25-17-22(10-7-11-22)12-14-26-3/h8-9,15H,5-7,10-14,16-17H2,1-4H3,(H2,23,24,25). The molecule has 0 radical (unpaired) electrons. The van der Waals surface area contributed by atoms with Crippen molar-refractivity contribution in [2.24, 2.45) is 10.4 Å². The van der Waals surface area contributed by atoms with Crippen LogP contribution in [0.2, 0.25) is 0 Å². The normalized spacial score (nSPS) is 15.6. The van der Waals surface area contributed by atoms with Crippen LogP contribution in [0.15, 0.2) is 23.2 Å². The van der Waals surface area contributed by atoms with Crippen molar-refractivity contribution in [3.05, 3.63) is 23.8 Å². The van der Waals surface area contributed by atoms with Crippen LogP contribution < -0.4 is 20.1 Å². The molecule has 0 amide bonds. The summed E-state index contributed by atoms with van der Waals surface area (Å²) in [6.07, 6.45) is 5.91. The number of hydrogen-bond donors (Lipinski definition) is 2. The third-order valence-corrected chi connectivity index (χ3v) is 5.34. The highest BCUT2D eigenvalue weighted by molar-refractivity contribution is 5.79.